The van der Waals surface area contributed by atoms with Crippen molar-refractivity contribution < 1.29 is 9.53 Å². The summed E-state index contributed by atoms with van der Waals surface area (Å²) in [5.41, 5.74) is 5.45. The second-order valence-electron chi connectivity index (χ2n) is 4.94. The number of ether oxygens (including phenoxy) is 1. The van der Waals surface area contributed by atoms with E-state index < -0.39 is 5.54 Å². The molecule has 1 saturated heterocycles. The van der Waals surface area contributed by atoms with Gasteiger partial charge in [-0.3, -0.25) is 4.79 Å². The predicted molar refractivity (Wildman–Crippen MR) is 62.4 cm³/mol. The third-order valence-corrected chi connectivity index (χ3v) is 3.74. The topological polar surface area (TPSA) is 86.3 Å². The molecule has 18 heavy (non-hydrogen) atoms. The molecule has 0 unspecified atom stereocenters. The molecule has 98 valence electrons. The summed E-state index contributed by atoms with van der Waals surface area (Å²) in [6.07, 6.45) is 2.88. The van der Waals surface area contributed by atoms with E-state index in [0.29, 0.717) is 39.1 Å². The standard InChI is InChI=1S/C11H17N5O2/c12-11(1-5-18-6-2-11)10(17)15-3-4-16-8-13-14-9(16)7-15/h8H,1-7,12H2. The Hall–Kier alpha value is -1.47. The van der Waals surface area contributed by atoms with Gasteiger partial charge in [0.1, 0.15) is 6.33 Å². The molecule has 3 rings (SSSR count). The molecule has 1 aromatic heterocycles. The third-order valence-electron chi connectivity index (χ3n) is 3.74. The van der Waals surface area contributed by atoms with Crippen LogP contribution in [-0.2, 0) is 22.6 Å². The number of nitrogens with zero attached hydrogens (tertiary/aromatic N) is 4. The average Bonchev–Trinajstić information content (AvgIpc) is 2.86. The monoisotopic (exact) mass is 251 g/mol. The van der Waals surface area contributed by atoms with Gasteiger partial charge in [0.25, 0.3) is 0 Å². The molecule has 0 saturated carbocycles. The van der Waals surface area contributed by atoms with Gasteiger partial charge in [0.15, 0.2) is 5.82 Å². The molecule has 2 aliphatic heterocycles. The molecule has 0 aromatic carbocycles. The first kappa shape index (κ1) is 11.6. The molecule has 0 radical (unpaired) electrons. The Bertz CT molecular complexity index is 452. The quantitative estimate of drug-likeness (QED) is 0.701. The number of amides is 1. The number of hydrogen-bond donors (Lipinski definition) is 1. The second kappa shape index (κ2) is 4.33. The van der Waals surface area contributed by atoms with Gasteiger partial charge in [-0.1, -0.05) is 0 Å². The summed E-state index contributed by atoms with van der Waals surface area (Å²) in [7, 11) is 0. The van der Waals surface area contributed by atoms with Crippen molar-refractivity contribution in [2.45, 2.75) is 31.5 Å². The van der Waals surface area contributed by atoms with Crippen LogP contribution in [0.25, 0.3) is 0 Å². The molecule has 7 heteroatoms. The van der Waals surface area contributed by atoms with E-state index in [9.17, 15) is 4.79 Å². The SMILES string of the molecule is NC1(C(=O)N2CCn3cnnc3C2)CCOCC1. The summed E-state index contributed by atoms with van der Waals surface area (Å²) in [6, 6.07) is 0. The van der Waals surface area contributed by atoms with Crippen LogP contribution in [0.4, 0.5) is 0 Å². The van der Waals surface area contributed by atoms with Crippen LogP contribution in [0.1, 0.15) is 18.7 Å². The molecule has 3 heterocycles. The van der Waals surface area contributed by atoms with Crippen LogP contribution < -0.4 is 5.73 Å². The zero-order valence-electron chi connectivity index (χ0n) is 10.2. The average molecular weight is 251 g/mol. The first-order chi connectivity index (χ1) is 8.69. The maximum Gasteiger partial charge on any atom is 0.243 e. The van der Waals surface area contributed by atoms with E-state index in [4.69, 9.17) is 10.5 Å². The van der Waals surface area contributed by atoms with E-state index in [2.05, 4.69) is 10.2 Å². The lowest BCUT2D eigenvalue weighted by Crippen LogP contribution is -2.59. The van der Waals surface area contributed by atoms with Crippen molar-refractivity contribution in [3.63, 3.8) is 0 Å². The zero-order chi connectivity index (χ0) is 12.6. The number of fused-ring (bicyclic) bond motifs is 1. The smallest absolute Gasteiger partial charge is 0.243 e. The van der Waals surface area contributed by atoms with Crippen LogP contribution in [0.5, 0.6) is 0 Å². The van der Waals surface area contributed by atoms with Gasteiger partial charge in [-0.25, -0.2) is 0 Å². The Morgan fingerprint density at radius 2 is 2.17 bits per heavy atom. The maximum absolute atomic E-state index is 12.5. The fourth-order valence-corrected chi connectivity index (χ4v) is 2.50. The molecule has 1 aromatic rings. The van der Waals surface area contributed by atoms with Crippen LogP contribution in [0, 0.1) is 0 Å². The zero-order valence-corrected chi connectivity index (χ0v) is 10.2. The van der Waals surface area contributed by atoms with Gasteiger partial charge in [-0.05, 0) is 12.8 Å². The van der Waals surface area contributed by atoms with Crippen molar-refractivity contribution in [1.82, 2.24) is 19.7 Å². The molecule has 2 aliphatic rings. The Kier molecular flexibility index (Phi) is 2.79. The molecule has 0 bridgehead atoms. The molecule has 7 nitrogen and oxygen atoms in total. The predicted octanol–water partition coefficient (Wildman–Crippen LogP) is -0.872. The lowest BCUT2D eigenvalue weighted by Gasteiger charge is -2.38. The summed E-state index contributed by atoms with van der Waals surface area (Å²) in [6.45, 7) is 3.03. The number of hydrogen-bond acceptors (Lipinski definition) is 5. The molecule has 2 N–H and O–H groups in total. The first-order valence-electron chi connectivity index (χ1n) is 6.22. The number of rotatable bonds is 1. The van der Waals surface area contributed by atoms with Crippen LogP contribution in [0.2, 0.25) is 0 Å². The highest BCUT2D eigenvalue weighted by atomic mass is 16.5. The number of nitrogens with two attached hydrogens (primary N) is 1. The van der Waals surface area contributed by atoms with Crippen LogP contribution >= 0.6 is 0 Å². The lowest BCUT2D eigenvalue weighted by atomic mass is 9.89. The minimum Gasteiger partial charge on any atom is -0.381 e. The minimum atomic E-state index is -0.763. The highest BCUT2D eigenvalue weighted by Crippen LogP contribution is 2.22. The number of carbonyl (C=O) groups is 1. The van der Waals surface area contributed by atoms with E-state index in [-0.39, 0.29) is 5.91 Å². The molecule has 0 spiro atoms. The highest BCUT2D eigenvalue weighted by molar-refractivity contribution is 5.86. The van der Waals surface area contributed by atoms with E-state index in [1.165, 1.54) is 0 Å². The Labute approximate surface area is 105 Å². The van der Waals surface area contributed by atoms with E-state index in [1.54, 1.807) is 11.2 Å². The Balaban J connectivity index is 1.74. The third kappa shape index (κ3) is 1.89. The van der Waals surface area contributed by atoms with Crippen molar-refractivity contribution in [3.8, 4) is 0 Å². The second-order valence-corrected chi connectivity index (χ2v) is 4.94. The van der Waals surface area contributed by atoms with Gasteiger partial charge in [-0.15, -0.1) is 10.2 Å². The van der Waals surface area contributed by atoms with Gasteiger partial charge < -0.3 is 19.9 Å². The van der Waals surface area contributed by atoms with Crippen molar-refractivity contribution >= 4 is 5.91 Å². The fraction of sp³-hybridized carbons (Fsp3) is 0.727. The number of aromatic nitrogens is 3. The van der Waals surface area contributed by atoms with Gasteiger partial charge in [-0.2, -0.15) is 0 Å². The fourth-order valence-electron chi connectivity index (χ4n) is 2.50. The molecular formula is C11H17N5O2. The minimum absolute atomic E-state index is 0.0139. The van der Waals surface area contributed by atoms with Gasteiger partial charge in [0.2, 0.25) is 5.91 Å². The van der Waals surface area contributed by atoms with E-state index >= 15 is 0 Å². The van der Waals surface area contributed by atoms with Gasteiger partial charge in [0.05, 0.1) is 12.1 Å². The van der Waals surface area contributed by atoms with Crippen molar-refractivity contribution in [3.05, 3.63) is 12.2 Å². The molecule has 0 atom stereocenters. The molecule has 0 aliphatic carbocycles. The summed E-state index contributed by atoms with van der Waals surface area (Å²) < 4.78 is 7.24. The Morgan fingerprint density at radius 3 is 2.94 bits per heavy atom. The summed E-state index contributed by atoms with van der Waals surface area (Å²) in [5.74, 6) is 0.838. The normalized spacial score (nSPS) is 22.6. The largest absolute Gasteiger partial charge is 0.381 e. The number of carbonyl (C=O) groups excluding carboxylic acids is 1. The van der Waals surface area contributed by atoms with Crippen LogP contribution in [-0.4, -0.2) is 50.9 Å². The highest BCUT2D eigenvalue weighted by Gasteiger charge is 2.39. The summed E-state index contributed by atoms with van der Waals surface area (Å²) >= 11 is 0. The summed E-state index contributed by atoms with van der Waals surface area (Å²) in [5, 5.41) is 7.86. The van der Waals surface area contributed by atoms with Crippen LogP contribution in [0.3, 0.4) is 0 Å². The Morgan fingerprint density at radius 1 is 1.39 bits per heavy atom. The van der Waals surface area contributed by atoms with Crippen LogP contribution in [0.15, 0.2) is 6.33 Å². The summed E-state index contributed by atoms with van der Waals surface area (Å²) in [4.78, 5) is 14.3. The van der Waals surface area contributed by atoms with Gasteiger partial charge >= 0.3 is 0 Å². The van der Waals surface area contributed by atoms with Crippen molar-refractivity contribution in [2.75, 3.05) is 19.8 Å². The van der Waals surface area contributed by atoms with E-state index in [0.717, 1.165) is 12.4 Å². The van der Waals surface area contributed by atoms with E-state index in [1.807, 2.05) is 4.57 Å². The lowest BCUT2D eigenvalue weighted by molar-refractivity contribution is -0.142. The van der Waals surface area contributed by atoms with Crippen molar-refractivity contribution in [1.29, 1.82) is 0 Å². The molecule has 1 amide bonds. The molecule has 1 fully saturated rings. The van der Waals surface area contributed by atoms with Gasteiger partial charge in [0, 0.05) is 26.3 Å². The molecular weight excluding hydrogens is 234 g/mol. The first-order valence-corrected chi connectivity index (χ1v) is 6.22. The van der Waals surface area contributed by atoms with Crippen molar-refractivity contribution in [2.24, 2.45) is 5.73 Å². The maximum atomic E-state index is 12.5.